The summed E-state index contributed by atoms with van der Waals surface area (Å²) in [5.41, 5.74) is 0.872. The average Bonchev–Trinajstić information content (AvgIpc) is 2.51. The molecule has 0 spiro atoms. The van der Waals surface area contributed by atoms with Crippen LogP contribution < -0.4 is 10.1 Å². The minimum Gasteiger partial charge on any atom is -0.484 e. The number of hydrogen-bond acceptors (Lipinski definition) is 3. The molecule has 1 N–H and O–H groups in total. The minimum atomic E-state index is -4.37. The molecular formula is C16H20F6N2O. The van der Waals surface area contributed by atoms with Crippen LogP contribution in [0.1, 0.15) is 18.4 Å². The lowest BCUT2D eigenvalue weighted by atomic mass is 10.0. The van der Waals surface area contributed by atoms with E-state index in [4.69, 9.17) is 0 Å². The summed E-state index contributed by atoms with van der Waals surface area (Å²) in [5.74, 6) is 0.140. The van der Waals surface area contributed by atoms with E-state index in [-0.39, 0.29) is 11.8 Å². The highest BCUT2D eigenvalue weighted by molar-refractivity contribution is 5.27. The van der Waals surface area contributed by atoms with Gasteiger partial charge in [0.2, 0.25) is 0 Å². The number of halogens is 6. The molecule has 1 saturated heterocycles. The number of piperidine rings is 1. The summed E-state index contributed by atoms with van der Waals surface area (Å²) in [4.78, 5) is 1.39. The number of nitrogens with zero attached hydrogens (tertiary/aromatic N) is 1. The summed E-state index contributed by atoms with van der Waals surface area (Å²) < 4.78 is 77.8. The van der Waals surface area contributed by atoms with E-state index in [9.17, 15) is 26.3 Å². The summed E-state index contributed by atoms with van der Waals surface area (Å²) in [5, 5.41) is 3.27. The lowest BCUT2D eigenvalue weighted by Crippen LogP contribution is -2.45. The highest BCUT2D eigenvalue weighted by atomic mass is 19.4. The molecule has 9 heteroatoms. The van der Waals surface area contributed by atoms with Gasteiger partial charge in [-0.3, -0.25) is 4.90 Å². The Labute approximate surface area is 141 Å². The van der Waals surface area contributed by atoms with Crippen LogP contribution >= 0.6 is 0 Å². The highest BCUT2D eigenvalue weighted by Crippen LogP contribution is 2.21. The molecule has 0 aromatic heterocycles. The summed E-state index contributed by atoms with van der Waals surface area (Å²) in [7, 11) is 0. The van der Waals surface area contributed by atoms with Crippen molar-refractivity contribution < 1.29 is 31.1 Å². The number of ether oxygens (including phenoxy) is 1. The van der Waals surface area contributed by atoms with Crippen molar-refractivity contribution in [2.75, 3.05) is 26.2 Å². The van der Waals surface area contributed by atoms with Gasteiger partial charge in [0.15, 0.2) is 6.61 Å². The van der Waals surface area contributed by atoms with Crippen molar-refractivity contribution in [1.29, 1.82) is 0 Å². The predicted molar refractivity (Wildman–Crippen MR) is 80.3 cm³/mol. The van der Waals surface area contributed by atoms with Crippen LogP contribution in [0.5, 0.6) is 5.75 Å². The van der Waals surface area contributed by atoms with Gasteiger partial charge >= 0.3 is 12.4 Å². The molecular weight excluding hydrogens is 350 g/mol. The second kappa shape index (κ2) is 8.27. The lowest BCUT2D eigenvalue weighted by Gasteiger charge is -2.32. The summed E-state index contributed by atoms with van der Waals surface area (Å²) in [6.45, 7) is -0.924. The van der Waals surface area contributed by atoms with Crippen LogP contribution in [0.25, 0.3) is 0 Å². The molecule has 2 rings (SSSR count). The van der Waals surface area contributed by atoms with E-state index in [2.05, 4.69) is 10.1 Å². The molecule has 1 aliphatic heterocycles. The molecule has 0 unspecified atom stereocenters. The van der Waals surface area contributed by atoms with Gasteiger partial charge in [0.25, 0.3) is 0 Å². The molecule has 1 aromatic rings. The largest absolute Gasteiger partial charge is 0.484 e. The Morgan fingerprint density at radius 1 is 0.960 bits per heavy atom. The maximum atomic E-state index is 12.3. The molecule has 0 amide bonds. The van der Waals surface area contributed by atoms with Crippen molar-refractivity contribution in [1.82, 2.24) is 10.2 Å². The Morgan fingerprint density at radius 3 is 2.08 bits per heavy atom. The Morgan fingerprint density at radius 2 is 1.56 bits per heavy atom. The first-order valence-corrected chi connectivity index (χ1v) is 7.92. The Balaban J connectivity index is 1.70. The fraction of sp³-hybridized carbons (Fsp3) is 0.625. The number of benzene rings is 1. The van der Waals surface area contributed by atoms with Crippen molar-refractivity contribution in [3.05, 3.63) is 29.8 Å². The molecule has 0 radical (unpaired) electrons. The fourth-order valence-electron chi connectivity index (χ4n) is 2.68. The van der Waals surface area contributed by atoms with Gasteiger partial charge in [-0.2, -0.15) is 26.3 Å². The second-order valence-electron chi connectivity index (χ2n) is 6.09. The third-order valence-corrected chi connectivity index (χ3v) is 3.91. The predicted octanol–water partition coefficient (Wildman–Crippen LogP) is 3.74. The third kappa shape index (κ3) is 7.96. The normalized spacial score (nSPS) is 17.7. The Kier molecular flexibility index (Phi) is 6.56. The maximum absolute atomic E-state index is 12.3. The van der Waals surface area contributed by atoms with E-state index >= 15 is 0 Å². The van der Waals surface area contributed by atoms with Gasteiger partial charge in [0.1, 0.15) is 5.75 Å². The van der Waals surface area contributed by atoms with Crippen molar-refractivity contribution in [3.63, 3.8) is 0 Å². The first-order chi connectivity index (χ1) is 11.6. The van der Waals surface area contributed by atoms with E-state index in [1.54, 1.807) is 12.1 Å². The van der Waals surface area contributed by atoms with E-state index in [0.29, 0.717) is 32.5 Å². The zero-order valence-electron chi connectivity index (χ0n) is 13.5. The molecule has 0 saturated carbocycles. The molecule has 1 aliphatic rings. The summed E-state index contributed by atoms with van der Waals surface area (Å²) in [6.07, 6.45) is -7.29. The van der Waals surface area contributed by atoms with Crippen LogP contribution in [-0.2, 0) is 6.54 Å². The van der Waals surface area contributed by atoms with Gasteiger partial charge in [-0.25, -0.2) is 0 Å². The topological polar surface area (TPSA) is 24.5 Å². The molecule has 0 aliphatic carbocycles. The first kappa shape index (κ1) is 19.8. The fourth-order valence-corrected chi connectivity index (χ4v) is 2.68. The van der Waals surface area contributed by atoms with Gasteiger partial charge in [-0.05, 0) is 43.6 Å². The third-order valence-electron chi connectivity index (χ3n) is 3.91. The number of alkyl halides is 6. The van der Waals surface area contributed by atoms with E-state index in [1.807, 2.05) is 0 Å². The summed E-state index contributed by atoms with van der Waals surface area (Å²) in [6, 6.07) is 6.39. The first-order valence-electron chi connectivity index (χ1n) is 7.92. The molecule has 1 fully saturated rings. The molecule has 3 nitrogen and oxygen atoms in total. The number of likely N-dealkylation sites (tertiary alicyclic amines) is 1. The smallest absolute Gasteiger partial charge is 0.422 e. The minimum absolute atomic E-state index is 0.130. The lowest BCUT2D eigenvalue weighted by molar-refractivity contribution is -0.153. The van der Waals surface area contributed by atoms with Crippen LogP contribution in [0.2, 0.25) is 0 Å². The van der Waals surface area contributed by atoms with E-state index < -0.39 is 25.5 Å². The molecule has 1 aromatic carbocycles. The van der Waals surface area contributed by atoms with Gasteiger partial charge in [0.05, 0.1) is 6.54 Å². The van der Waals surface area contributed by atoms with Crippen molar-refractivity contribution in [2.24, 2.45) is 0 Å². The Bertz CT molecular complexity index is 521. The molecule has 142 valence electrons. The second-order valence-corrected chi connectivity index (χ2v) is 6.09. The number of nitrogens with one attached hydrogen (secondary N) is 1. The van der Waals surface area contributed by atoms with E-state index in [0.717, 1.165) is 5.56 Å². The van der Waals surface area contributed by atoms with Crippen LogP contribution in [0.15, 0.2) is 24.3 Å². The van der Waals surface area contributed by atoms with Crippen LogP contribution in [-0.4, -0.2) is 49.5 Å². The molecule has 25 heavy (non-hydrogen) atoms. The Hall–Kier alpha value is -1.48. The molecule has 0 bridgehead atoms. The van der Waals surface area contributed by atoms with Crippen LogP contribution in [0, 0.1) is 0 Å². The van der Waals surface area contributed by atoms with Crippen molar-refractivity contribution in [3.8, 4) is 5.75 Å². The standard InChI is InChI=1S/C16H20F6N2O/c17-15(18,19)10-24-7-5-13(6-8-24)23-9-12-1-3-14(4-2-12)25-11-16(20,21)22/h1-4,13,23H,5-11H2. The highest BCUT2D eigenvalue weighted by Gasteiger charge is 2.32. The van der Waals surface area contributed by atoms with Crippen LogP contribution in [0.3, 0.4) is 0 Å². The van der Waals surface area contributed by atoms with Crippen molar-refractivity contribution in [2.45, 2.75) is 37.8 Å². The maximum Gasteiger partial charge on any atom is 0.422 e. The summed E-state index contributed by atoms with van der Waals surface area (Å²) >= 11 is 0. The quantitative estimate of drug-likeness (QED) is 0.772. The average molecular weight is 370 g/mol. The number of hydrogen-bond donors (Lipinski definition) is 1. The zero-order chi connectivity index (χ0) is 18.5. The van der Waals surface area contributed by atoms with Gasteiger partial charge in [0, 0.05) is 12.6 Å². The molecule has 1 heterocycles. The molecule has 0 atom stereocenters. The zero-order valence-corrected chi connectivity index (χ0v) is 13.5. The van der Waals surface area contributed by atoms with Gasteiger partial charge < -0.3 is 10.1 Å². The van der Waals surface area contributed by atoms with Crippen LogP contribution in [0.4, 0.5) is 26.3 Å². The number of rotatable bonds is 6. The van der Waals surface area contributed by atoms with Gasteiger partial charge in [-0.1, -0.05) is 12.1 Å². The monoisotopic (exact) mass is 370 g/mol. The SMILES string of the molecule is FC(F)(F)COc1ccc(CNC2CCN(CC(F)(F)F)CC2)cc1. The van der Waals surface area contributed by atoms with Gasteiger partial charge in [-0.15, -0.1) is 0 Å². The van der Waals surface area contributed by atoms with E-state index in [1.165, 1.54) is 17.0 Å². The van der Waals surface area contributed by atoms with Crippen molar-refractivity contribution >= 4 is 0 Å².